The number of aliphatic hydroxyl groups excluding tert-OH is 1. The number of nitrogens with zero attached hydrogens (tertiary/aromatic N) is 8. The number of imidazole rings is 1. The molecule has 2 aliphatic heterocycles. The predicted octanol–water partition coefficient (Wildman–Crippen LogP) is 1.82. The molecule has 0 spiro atoms. The van der Waals surface area contributed by atoms with E-state index in [2.05, 4.69) is 35.2 Å². The van der Waals surface area contributed by atoms with Gasteiger partial charge in [-0.1, -0.05) is 16.7 Å². The van der Waals surface area contributed by atoms with E-state index in [4.69, 9.17) is 31.3 Å². The van der Waals surface area contributed by atoms with Crippen LogP contribution in [0.25, 0.3) is 21.6 Å². The van der Waals surface area contributed by atoms with E-state index in [1.54, 1.807) is 12.1 Å². The van der Waals surface area contributed by atoms with Crippen LogP contribution >= 0.6 is 11.6 Å². The minimum absolute atomic E-state index is 0.287. The Morgan fingerprint density at radius 1 is 1.31 bits per heavy atom. The zero-order valence-corrected chi connectivity index (χ0v) is 21.4. The number of carboxylic acid groups (broad SMARTS) is 1. The summed E-state index contributed by atoms with van der Waals surface area (Å²) in [6, 6.07) is 4.07. The van der Waals surface area contributed by atoms with Gasteiger partial charge in [0.25, 0.3) is 0 Å². The molecule has 3 aromatic rings. The Morgan fingerprint density at radius 2 is 2.13 bits per heavy atom. The Kier molecular flexibility index (Phi) is 8.26. The van der Waals surface area contributed by atoms with E-state index in [1.807, 2.05) is 6.07 Å². The standard InChI is InChI=1S/C23H26ClN9O6/c24-14-1-2-15(38-8-5-32-3-6-37-7-4-32)13(9-14)10-26-20-17-21(28-11-27-20)33(12-29-17)22-18(34)16(30-31-25)19(39-22)23(35)36/h1-2,9,11-12,16,18-19,22,34H,3-8,10H2,(H,35,36)(H,26,27,28). The number of rotatable bonds is 10. The van der Waals surface area contributed by atoms with Gasteiger partial charge >= 0.3 is 5.97 Å². The third-order valence-electron chi connectivity index (χ3n) is 6.54. The van der Waals surface area contributed by atoms with E-state index in [9.17, 15) is 15.0 Å². The van der Waals surface area contributed by atoms with Gasteiger partial charge < -0.3 is 29.7 Å². The van der Waals surface area contributed by atoms with Crippen LogP contribution in [0.3, 0.4) is 0 Å². The molecule has 0 bridgehead atoms. The third-order valence-corrected chi connectivity index (χ3v) is 6.77. The van der Waals surface area contributed by atoms with Crippen molar-refractivity contribution in [3.05, 3.63) is 51.9 Å². The molecule has 206 valence electrons. The minimum atomic E-state index is -1.53. The van der Waals surface area contributed by atoms with E-state index < -0.39 is 30.4 Å². The summed E-state index contributed by atoms with van der Waals surface area (Å²) in [7, 11) is 0. The van der Waals surface area contributed by atoms with Gasteiger partial charge in [-0.3, -0.25) is 9.47 Å². The van der Waals surface area contributed by atoms with E-state index in [-0.39, 0.29) is 5.65 Å². The van der Waals surface area contributed by atoms with Crippen LogP contribution in [0.5, 0.6) is 5.75 Å². The van der Waals surface area contributed by atoms with E-state index in [0.29, 0.717) is 35.3 Å². The van der Waals surface area contributed by atoms with Crippen LogP contribution in [0.4, 0.5) is 5.82 Å². The van der Waals surface area contributed by atoms with E-state index >= 15 is 0 Å². The Balaban J connectivity index is 1.31. The minimum Gasteiger partial charge on any atom is -0.492 e. The largest absolute Gasteiger partial charge is 0.492 e. The number of hydrogen-bond donors (Lipinski definition) is 3. The molecule has 2 saturated heterocycles. The van der Waals surface area contributed by atoms with Crippen molar-refractivity contribution in [2.45, 2.75) is 31.0 Å². The highest BCUT2D eigenvalue weighted by Gasteiger charge is 2.48. The zero-order valence-electron chi connectivity index (χ0n) is 20.6. The van der Waals surface area contributed by atoms with Crippen LogP contribution in [0.15, 0.2) is 36.0 Å². The Bertz CT molecular complexity index is 1380. The van der Waals surface area contributed by atoms with Gasteiger partial charge in [-0.25, -0.2) is 19.7 Å². The lowest BCUT2D eigenvalue weighted by molar-refractivity contribution is -0.152. The SMILES string of the molecule is [N-]=[N+]=NC1C(C(=O)O)OC(n2cnc3c(NCc4cc(Cl)ccc4OCCN4CCOCC4)ncnc32)C1O. The first-order valence-corrected chi connectivity index (χ1v) is 12.6. The number of ether oxygens (including phenoxy) is 3. The van der Waals surface area contributed by atoms with Crippen LogP contribution < -0.4 is 10.1 Å². The lowest BCUT2D eigenvalue weighted by atomic mass is 10.1. The number of carbonyl (C=O) groups is 1. The summed E-state index contributed by atoms with van der Waals surface area (Å²) in [4.78, 5) is 29.4. The first-order valence-electron chi connectivity index (χ1n) is 12.2. The van der Waals surface area contributed by atoms with Crippen molar-refractivity contribution in [3.63, 3.8) is 0 Å². The second-order valence-electron chi connectivity index (χ2n) is 8.93. The average molecular weight is 560 g/mol. The molecule has 4 heterocycles. The monoisotopic (exact) mass is 559 g/mol. The maximum Gasteiger partial charge on any atom is 0.333 e. The van der Waals surface area contributed by atoms with E-state index in [0.717, 1.165) is 38.4 Å². The maximum absolute atomic E-state index is 11.6. The molecule has 0 radical (unpaired) electrons. The topological polar surface area (TPSA) is 193 Å². The van der Waals surface area contributed by atoms with Crippen LogP contribution in [-0.4, -0.2) is 98.3 Å². The lowest BCUT2D eigenvalue weighted by Crippen LogP contribution is -2.38. The van der Waals surface area contributed by atoms with E-state index in [1.165, 1.54) is 17.2 Å². The second-order valence-corrected chi connectivity index (χ2v) is 9.36. The summed E-state index contributed by atoms with van der Waals surface area (Å²) in [6.45, 7) is 4.80. The van der Waals surface area contributed by atoms with Crippen molar-refractivity contribution in [2.75, 3.05) is 44.8 Å². The van der Waals surface area contributed by atoms with Gasteiger partial charge in [0, 0.05) is 41.7 Å². The number of fused-ring (bicyclic) bond motifs is 1. The summed E-state index contributed by atoms with van der Waals surface area (Å²) in [6.07, 6.45) is -1.48. The number of halogens is 1. The highest BCUT2D eigenvalue weighted by Crippen LogP contribution is 2.34. The van der Waals surface area contributed by atoms with Crippen LogP contribution in [0.2, 0.25) is 5.02 Å². The molecule has 5 rings (SSSR count). The van der Waals surface area contributed by atoms with Crippen LogP contribution in [-0.2, 0) is 20.8 Å². The zero-order chi connectivity index (χ0) is 27.4. The normalized spacial score (nSPS) is 23.4. The van der Waals surface area contributed by atoms with Gasteiger partial charge in [0.15, 0.2) is 29.3 Å². The summed E-state index contributed by atoms with van der Waals surface area (Å²) in [5.41, 5.74) is 10.3. The summed E-state index contributed by atoms with van der Waals surface area (Å²) in [5.74, 6) is -0.283. The number of nitrogens with one attached hydrogen (secondary N) is 1. The van der Waals surface area contributed by atoms with Gasteiger partial charge in [-0.15, -0.1) is 0 Å². The molecule has 2 aliphatic rings. The van der Waals surface area contributed by atoms with Gasteiger partial charge in [0.2, 0.25) is 0 Å². The van der Waals surface area contributed by atoms with Crippen molar-refractivity contribution in [2.24, 2.45) is 5.11 Å². The smallest absolute Gasteiger partial charge is 0.333 e. The third kappa shape index (κ3) is 5.83. The lowest BCUT2D eigenvalue weighted by Gasteiger charge is -2.26. The fraction of sp³-hybridized carbons (Fsp3) is 0.478. The molecule has 4 unspecified atom stereocenters. The molecule has 16 heteroatoms. The quantitative estimate of drug-likeness (QED) is 0.186. The molecule has 0 amide bonds. The molecule has 0 aliphatic carbocycles. The highest BCUT2D eigenvalue weighted by molar-refractivity contribution is 6.30. The van der Waals surface area contributed by atoms with Gasteiger partial charge in [0.05, 0.1) is 19.5 Å². The first-order chi connectivity index (χ1) is 19.0. The fourth-order valence-corrected chi connectivity index (χ4v) is 4.76. The fourth-order valence-electron chi connectivity index (χ4n) is 4.56. The van der Waals surface area contributed by atoms with Gasteiger partial charge in [-0.05, 0) is 23.7 Å². The first kappa shape index (κ1) is 26.9. The summed E-state index contributed by atoms with van der Waals surface area (Å²) in [5, 5.41) is 27.3. The maximum atomic E-state index is 11.6. The Morgan fingerprint density at radius 3 is 2.90 bits per heavy atom. The number of aliphatic hydroxyl groups is 1. The Labute approximate surface area is 226 Å². The highest BCUT2D eigenvalue weighted by atomic mass is 35.5. The van der Waals surface area contributed by atoms with Crippen LogP contribution in [0.1, 0.15) is 11.8 Å². The molecule has 3 N–H and O–H groups in total. The molecule has 2 aromatic heterocycles. The molecular formula is C23H26ClN9O6. The second kappa shape index (κ2) is 12.0. The van der Waals surface area contributed by atoms with Crippen molar-refractivity contribution >= 4 is 34.6 Å². The number of anilines is 1. The van der Waals surface area contributed by atoms with Crippen molar-refractivity contribution < 1.29 is 29.2 Å². The van der Waals surface area contributed by atoms with Crippen LogP contribution in [0, 0.1) is 0 Å². The molecule has 1 aromatic carbocycles. The summed E-state index contributed by atoms with van der Waals surface area (Å²) < 4.78 is 18.3. The number of morpholine rings is 1. The molecule has 0 saturated carbocycles. The molecule has 4 atom stereocenters. The number of aromatic nitrogens is 4. The van der Waals surface area contributed by atoms with Gasteiger partial charge in [-0.2, -0.15) is 0 Å². The number of aliphatic carboxylic acids is 1. The average Bonchev–Trinajstić information content (AvgIpc) is 3.51. The van der Waals surface area contributed by atoms with Crippen molar-refractivity contribution in [1.82, 2.24) is 24.4 Å². The summed E-state index contributed by atoms with van der Waals surface area (Å²) >= 11 is 6.25. The number of azide groups is 1. The Hall–Kier alpha value is -3.72. The molecule has 2 fully saturated rings. The number of carboxylic acids is 1. The van der Waals surface area contributed by atoms with Crippen molar-refractivity contribution in [3.8, 4) is 5.75 Å². The number of hydrogen-bond acceptors (Lipinski definition) is 11. The number of benzene rings is 1. The molecule has 39 heavy (non-hydrogen) atoms. The van der Waals surface area contributed by atoms with Crippen molar-refractivity contribution in [1.29, 1.82) is 0 Å². The molecule has 15 nitrogen and oxygen atoms in total. The molecular weight excluding hydrogens is 534 g/mol. The van der Waals surface area contributed by atoms with Gasteiger partial charge in [0.1, 0.15) is 30.8 Å². The predicted molar refractivity (Wildman–Crippen MR) is 137 cm³/mol.